The van der Waals surface area contributed by atoms with Crippen molar-refractivity contribution < 1.29 is 24.2 Å². The maximum Gasteiger partial charge on any atom is 0.338 e. The van der Waals surface area contributed by atoms with Gasteiger partial charge in [0, 0.05) is 18.6 Å². The second-order valence-corrected chi connectivity index (χ2v) is 1.82. The number of esters is 2. The largest absolute Gasteiger partial charge is 0.478 e. The molecule has 0 aromatic rings. The van der Waals surface area contributed by atoms with Gasteiger partial charge in [0.15, 0.2) is 0 Å². The molecule has 5 nitrogen and oxygen atoms in total. The minimum absolute atomic E-state index is 0.0760. The number of rotatable bonds is 3. The topological polar surface area (TPSA) is 80.7 Å². The standard InChI is InChI=1S/C7H8O5/c1-2-6(10)12-7(11)4-3-5(8)9/h3-4H,2H2,1H3,(H,8,9)/b4-3-. The first kappa shape index (κ1) is 10.3. The molecule has 0 aliphatic carbocycles. The molecule has 0 saturated carbocycles. The molecule has 0 spiro atoms. The van der Waals surface area contributed by atoms with E-state index in [0.29, 0.717) is 12.2 Å². The van der Waals surface area contributed by atoms with Crippen LogP contribution in [0.1, 0.15) is 13.3 Å². The lowest BCUT2D eigenvalue weighted by molar-refractivity contribution is -0.156. The number of carboxylic acid groups (broad SMARTS) is 1. The van der Waals surface area contributed by atoms with Gasteiger partial charge in [-0.05, 0) is 0 Å². The van der Waals surface area contributed by atoms with Crippen LogP contribution in [0, 0.1) is 0 Å². The normalized spacial score (nSPS) is 9.75. The first-order valence-corrected chi connectivity index (χ1v) is 3.22. The lowest BCUT2D eigenvalue weighted by atomic mass is 10.5. The molecule has 0 unspecified atom stereocenters. The molecule has 0 fully saturated rings. The summed E-state index contributed by atoms with van der Waals surface area (Å²) in [7, 11) is 0. The molecule has 0 atom stereocenters. The van der Waals surface area contributed by atoms with E-state index in [2.05, 4.69) is 4.74 Å². The highest BCUT2D eigenvalue weighted by atomic mass is 16.6. The van der Waals surface area contributed by atoms with E-state index in [-0.39, 0.29) is 6.42 Å². The number of hydrogen-bond donors (Lipinski definition) is 1. The quantitative estimate of drug-likeness (QED) is 0.371. The fourth-order valence-electron chi connectivity index (χ4n) is 0.358. The van der Waals surface area contributed by atoms with E-state index >= 15 is 0 Å². The van der Waals surface area contributed by atoms with Crippen molar-refractivity contribution in [3.63, 3.8) is 0 Å². The number of carboxylic acids is 1. The molecule has 0 amide bonds. The monoisotopic (exact) mass is 172 g/mol. The molecular formula is C7H8O5. The van der Waals surface area contributed by atoms with Gasteiger partial charge in [0.2, 0.25) is 0 Å². The van der Waals surface area contributed by atoms with Gasteiger partial charge in [0.25, 0.3) is 0 Å². The molecular weight excluding hydrogens is 164 g/mol. The van der Waals surface area contributed by atoms with E-state index < -0.39 is 17.9 Å². The second kappa shape index (κ2) is 5.06. The van der Waals surface area contributed by atoms with Gasteiger partial charge in [-0.2, -0.15) is 0 Å². The summed E-state index contributed by atoms with van der Waals surface area (Å²) in [5.41, 5.74) is 0. The Balaban J connectivity index is 3.90. The summed E-state index contributed by atoms with van der Waals surface area (Å²) in [6.07, 6.45) is 1.35. The molecule has 66 valence electrons. The number of hydrogen-bond acceptors (Lipinski definition) is 4. The minimum atomic E-state index is -1.27. The molecule has 0 bridgehead atoms. The third-order valence-electron chi connectivity index (χ3n) is 0.865. The van der Waals surface area contributed by atoms with E-state index in [9.17, 15) is 14.4 Å². The van der Waals surface area contributed by atoms with Crippen LogP contribution in [0.5, 0.6) is 0 Å². The third-order valence-corrected chi connectivity index (χ3v) is 0.865. The molecule has 5 heteroatoms. The summed E-state index contributed by atoms with van der Waals surface area (Å²) in [5.74, 6) is -2.92. The number of carbonyl (C=O) groups excluding carboxylic acids is 2. The van der Waals surface area contributed by atoms with Gasteiger partial charge in [-0.1, -0.05) is 6.92 Å². The Labute approximate surface area is 68.6 Å². The Bertz CT molecular complexity index is 228. The van der Waals surface area contributed by atoms with Crippen LogP contribution in [-0.2, 0) is 19.1 Å². The molecule has 0 aliphatic rings. The maximum atomic E-state index is 10.5. The summed E-state index contributed by atoms with van der Waals surface area (Å²) in [6, 6.07) is 0. The smallest absolute Gasteiger partial charge is 0.338 e. The van der Waals surface area contributed by atoms with Gasteiger partial charge >= 0.3 is 17.9 Å². The van der Waals surface area contributed by atoms with Gasteiger partial charge in [-0.15, -0.1) is 0 Å². The van der Waals surface area contributed by atoms with Crippen LogP contribution >= 0.6 is 0 Å². The number of aliphatic carboxylic acids is 1. The fourth-order valence-corrected chi connectivity index (χ4v) is 0.358. The lowest BCUT2D eigenvalue weighted by Gasteiger charge is -1.93. The van der Waals surface area contributed by atoms with Crippen molar-refractivity contribution in [3.05, 3.63) is 12.2 Å². The predicted molar refractivity (Wildman–Crippen MR) is 38.2 cm³/mol. The maximum absolute atomic E-state index is 10.5. The van der Waals surface area contributed by atoms with E-state index in [1.807, 2.05) is 0 Å². The van der Waals surface area contributed by atoms with Crippen LogP contribution < -0.4 is 0 Å². The van der Waals surface area contributed by atoms with Crippen LogP contribution in [-0.4, -0.2) is 23.0 Å². The van der Waals surface area contributed by atoms with E-state index in [1.165, 1.54) is 6.92 Å². The van der Waals surface area contributed by atoms with Crippen LogP contribution in [0.4, 0.5) is 0 Å². The third kappa shape index (κ3) is 5.16. The zero-order chi connectivity index (χ0) is 9.56. The molecule has 0 rings (SSSR count). The fraction of sp³-hybridized carbons (Fsp3) is 0.286. The van der Waals surface area contributed by atoms with E-state index in [4.69, 9.17) is 5.11 Å². The van der Waals surface area contributed by atoms with Crippen molar-refractivity contribution in [2.24, 2.45) is 0 Å². The molecule has 0 radical (unpaired) electrons. The molecule has 1 N–H and O–H groups in total. The molecule has 0 aromatic heterocycles. The van der Waals surface area contributed by atoms with Crippen molar-refractivity contribution in [3.8, 4) is 0 Å². The Morgan fingerprint density at radius 1 is 1.33 bits per heavy atom. The highest BCUT2D eigenvalue weighted by Crippen LogP contribution is 1.87. The van der Waals surface area contributed by atoms with E-state index in [0.717, 1.165) is 0 Å². The number of ether oxygens (including phenoxy) is 1. The van der Waals surface area contributed by atoms with Crippen LogP contribution in [0.15, 0.2) is 12.2 Å². The van der Waals surface area contributed by atoms with Crippen LogP contribution in [0.3, 0.4) is 0 Å². The highest BCUT2D eigenvalue weighted by Gasteiger charge is 2.04. The average Bonchev–Trinajstić information content (AvgIpc) is 2.00. The van der Waals surface area contributed by atoms with Crippen molar-refractivity contribution >= 4 is 17.9 Å². The van der Waals surface area contributed by atoms with Gasteiger partial charge in [0.1, 0.15) is 0 Å². The van der Waals surface area contributed by atoms with Crippen molar-refractivity contribution in [2.45, 2.75) is 13.3 Å². The summed E-state index contributed by atoms with van der Waals surface area (Å²) in [4.78, 5) is 30.8. The van der Waals surface area contributed by atoms with Gasteiger partial charge < -0.3 is 9.84 Å². The number of carbonyl (C=O) groups is 3. The van der Waals surface area contributed by atoms with Crippen molar-refractivity contribution in [2.75, 3.05) is 0 Å². The zero-order valence-corrected chi connectivity index (χ0v) is 6.44. The molecule has 0 aliphatic heterocycles. The highest BCUT2D eigenvalue weighted by molar-refractivity contribution is 5.95. The van der Waals surface area contributed by atoms with Crippen LogP contribution in [0.25, 0.3) is 0 Å². The Morgan fingerprint density at radius 3 is 2.33 bits per heavy atom. The molecule has 0 saturated heterocycles. The minimum Gasteiger partial charge on any atom is -0.478 e. The summed E-state index contributed by atoms with van der Waals surface area (Å²) in [6.45, 7) is 1.52. The Hall–Kier alpha value is -1.65. The molecule has 12 heavy (non-hydrogen) atoms. The zero-order valence-electron chi connectivity index (χ0n) is 6.44. The van der Waals surface area contributed by atoms with Gasteiger partial charge in [-0.25, -0.2) is 9.59 Å². The molecule has 0 heterocycles. The van der Waals surface area contributed by atoms with E-state index in [1.54, 1.807) is 0 Å². The lowest BCUT2D eigenvalue weighted by Crippen LogP contribution is -2.08. The molecule has 0 aromatic carbocycles. The second-order valence-electron chi connectivity index (χ2n) is 1.82. The Kier molecular flexibility index (Phi) is 4.36. The average molecular weight is 172 g/mol. The predicted octanol–water partition coefficient (Wildman–Crippen LogP) is 0.107. The summed E-state index contributed by atoms with van der Waals surface area (Å²) in [5, 5.41) is 8.07. The first-order chi connectivity index (χ1) is 5.56. The van der Waals surface area contributed by atoms with Crippen LogP contribution in [0.2, 0.25) is 0 Å². The summed E-state index contributed by atoms with van der Waals surface area (Å²) < 4.78 is 4.12. The van der Waals surface area contributed by atoms with Gasteiger partial charge in [0.05, 0.1) is 0 Å². The Morgan fingerprint density at radius 2 is 1.92 bits per heavy atom. The van der Waals surface area contributed by atoms with Crippen molar-refractivity contribution in [1.29, 1.82) is 0 Å². The summed E-state index contributed by atoms with van der Waals surface area (Å²) >= 11 is 0. The SMILES string of the molecule is CCC(=O)OC(=O)/C=C\C(=O)O. The van der Waals surface area contributed by atoms with Gasteiger partial charge in [-0.3, -0.25) is 4.79 Å². The van der Waals surface area contributed by atoms with Crippen molar-refractivity contribution in [1.82, 2.24) is 0 Å². The first-order valence-electron chi connectivity index (χ1n) is 3.22.